The molecular weight excluding hydrogens is 202 g/mol. The minimum absolute atomic E-state index is 0.0740. The zero-order valence-corrected chi connectivity index (χ0v) is 9.96. The van der Waals surface area contributed by atoms with Crippen LogP contribution in [0.4, 0.5) is 0 Å². The highest BCUT2D eigenvalue weighted by molar-refractivity contribution is 5.85. The number of aliphatic imine (C=N–C) groups is 1. The maximum atomic E-state index is 5.29. The standard InChI is InChI=1S/C12H21N3O/c1-9(10-3-7-14-8-4-10)15-11(16-13)12(2)5-6-12/h10,14H,1,3-8,13H2,2H3/b15-11-. The van der Waals surface area contributed by atoms with Crippen molar-refractivity contribution < 1.29 is 4.84 Å². The Bertz CT molecular complexity index is 301. The summed E-state index contributed by atoms with van der Waals surface area (Å²) in [6, 6.07) is 0. The first kappa shape index (κ1) is 11.6. The van der Waals surface area contributed by atoms with Crippen LogP contribution in [-0.4, -0.2) is 19.0 Å². The fraction of sp³-hybridized carbons (Fsp3) is 0.750. The van der Waals surface area contributed by atoms with Gasteiger partial charge in [-0.15, -0.1) is 0 Å². The van der Waals surface area contributed by atoms with E-state index < -0.39 is 0 Å². The molecule has 0 atom stereocenters. The van der Waals surface area contributed by atoms with Gasteiger partial charge in [0.15, 0.2) is 0 Å². The van der Waals surface area contributed by atoms with E-state index in [0.717, 1.165) is 44.5 Å². The lowest BCUT2D eigenvalue weighted by Crippen LogP contribution is -2.29. The van der Waals surface area contributed by atoms with Gasteiger partial charge in [-0.1, -0.05) is 13.5 Å². The quantitative estimate of drug-likeness (QED) is 0.434. The molecule has 4 nitrogen and oxygen atoms in total. The summed E-state index contributed by atoms with van der Waals surface area (Å²) in [5, 5.41) is 3.33. The van der Waals surface area contributed by atoms with Crippen LogP contribution in [0.5, 0.6) is 0 Å². The molecular formula is C12H21N3O. The van der Waals surface area contributed by atoms with Crippen molar-refractivity contribution in [2.24, 2.45) is 22.2 Å². The Balaban J connectivity index is 2.00. The summed E-state index contributed by atoms with van der Waals surface area (Å²) in [4.78, 5) is 9.41. The fourth-order valence-corrected chi connectivity index (χ4v) is 2.08. The molecule has 3 N–H and O–H groups in total. The fourth-order valence-electron chi connectivity index (χ4n) is 2.08. The lowest BCUT2D eigenvalue weighted by atomic mass is 9.95. The van der Waals surface area contributed by atoms with E-state index in [-0.39, 0.29) is 5.41 Å². The second-order valence-electron chi connectivity index (χ2n) is 5.11. The molecule has 16 heavy (non-hydrogen) atoms. The molecule has 0 aromatic carbocycles. The molecule has 0 radical (unpaired) electrons. The molecule has 1 saturated carbocycles. The summed E-state index contributed by atoms with van der Waals surface area (Å²) < 4.78 is 0. The molecule has 0 unspecified atom stereocenters. The van der Waals surface area contributed by atoms with Gasteiger partial charge >= 0.3 is 0 Å². The normalized spacial score (nSPS) is 25.2. The lowest BCUT2D eigenvalue weighted by molar-refractivity contribution is 0.290. The minimum atomic E-state index is 0.0740. The second kappa shape index (κ2) is 4.55. The van der Waals surface area contributed by atoms with Gasteiger partial charge in [-0.2, -0.15) is 5.90 Å². The predicted molar refractivity (Wildman–Crippen MR) is 64.8 cm³/mol. The number of hydrogen-bond acceptors (Lipinski definition) is 4. The van der Waals surface area contributed by atoms with E-state index in [1.807, 2.05) is 0 Å². The Morgan fingerprint density at radius 2 is 2.06 bits per heavy atom. The third-order valence-electron chi connectivity index (χ3n) is 3.68. The van der Waals surface area contributed by atoms with Gasteiger partial charge in [-0.3, -0.25) is 0 Å². The molecule has 0 spiro atoms. The van der Waals surface area contributed by atoms with Gasteiger partial charge in [0, 0.05) is 17.0 Å². The van der Waals surface area contributed by atoms with Crippen LogP contribution in [0.1, 0.15) is 32.6 Å². The van der Waals surface area contributed by atoms with Gasteiger partial charge < -0.3 is 10.2 Å². The Kier molecular flexibility index (Phi) is 3.30. The van der Waals surface area contributed by atoms with Crippen LogP contribution in [0.2, 0.25) is 0 Å². The number of piperidine rings is 1. The zero-order valence-electron chi connectivity index (χ0n) is 9.96. The van der Waals surface area contributed by atoms with Crippen molar-refractivity contribution in [3.8, 4) is 0 Å². The van der Waals surface area contributed by atoms with Gasteiger partial charge in [-0.05, 0) is 38.8 Å². The van der Waals surface area contributed by atoms with Crippen LogP contribution >= 0.6 is 0 Å². The van der Waals surface area contributed by atoms with Crippen molar-refractivity contribution in [1.29, 1.82) is 0 Å². The van der Waals surface area contributed by atoms with Crippen molar-refractivity contribution in [3.05, 3.63) is 12.3 Å². The second-order valence-corrected chi connectivity index (χ2v) is 5.11. The average molecular weight is 223 g/mol. The van der Waals surface area contributed by atoms with Crippen molar-refractivity contribution >= 4 is 5.90 Å². The molecule has 1 aliphatic carbocycles. The van der Waals surface area contributed by atoms with Gasteiger partial charge in [0.2, 0.25) is 5.90 Å². The highest BCUT2D eigenvalue weighted by atomic mass is 16.6. The van der Waals surface area contributed by atoms with E-state index >= 15 is 0 Å². The van der Waals surface area contributed by atoms with E-state index in [1.54, 1.807) is 0 Å². The zero-order chi connectivity index (χ0) is 11.6. The van der Waals surface area contributed by atoms with E-state index in [0.29, 0.717) is 11.8 Å². The Labute approximate surface area is 96.9 Å². The van der Waals surface area contributed by atoms with Gasteiger partial charge in [-0.25, -0.2) is 4.99 Å². The molecule has 0 bridgehead atoms. The number of allylic oxidation sites excluding steroid dienone is 1. The molecule has 2 aliphatic rings. The molecule has 4 heteroatoms. The van der Waals surface area contributed by atoms with Gasteiger partial charge in [0.1, 0.15) is 0 Å². The van der Waals surface area contributed by atoms with E-state index in [2.05, 4.69) is 23.8 Å². The first-order valence-corrected chi connectivity index (χ1v) is 6.01. The van der Waals surface area contributed by atoms with Crippen LogP contribution in [0.15, 0.2) is 17.3 Å². The minimum Gasteiger partial charge on any atom is -0.395 e. The Morgan fingerprint density at radius 3 is 2.56 bits per heavy atom. The van der Waals surface area contributed by atoms with Crippen LogP contribution < -0.4 is 11.2 Å². The van der Waals surface area contributed by atoms with Gasteiger partial charge in [0.25, 0.3) is 0 Å². The van der Waals surface area contributed by atoms with Crippen LogP contribution in [-0.2, 0) is 4.84 Å². The molecule has 0 aromatic rings. The average Bonchev–Trinajstić information content (AvgIpc) is 3.06. The van der Waals surface area contributed by atoms with Crippen LogP contribution in [0.3, 0.4) is 0 Å². The van der Waals surface area contributed by atoms with E-state index in [9.17, 15) is 0 Å². The molecule has 2 rings (SSSR count). The highest BCUT2D eigenvalue weighted by Crippen LogP contribution is 2.46. The summed E-state index contributed by atoms with van der Waals surface area (Å²) in [7, 11) is 0. The van der Waals surface area contributed by atoms with Crippen molar-refractivity contribution in [2.45, 2.75) is 32.6 Å². The molecule has 0 aromatic heterocycles. The topological polar surface area (TPSA) is 59.6 Å². The maximum Gasteiger partial charge on any atom is 0.219 e. The number of nitrogens with zero attached hydrogens (tertiary/aromatic N) is 1. The number of rotatable bonds is 3. The van der Waals surface area contributed by atoms with Crippen molar-refractivity contribution in [3.63, 3.8) is 0 Å². The predicted octanol–water partition coefficient (Wildman–Crippen LogP) is 1.59. The number of nitrogens with one attached hydrogen (secondary N) is 1. The maximum absolute atomic E-state index is 5.29. The first-order valence-electron chi connectivity index (χ1n) is 6.01. The first-order chi connectivity index (χ1) is 7.65. The smallest absolute Gasteiger partial charge is 0.219 e. The summed E-state index contributed by atoms with van der Waals surface area (Å²) in [6.07, 6.45) is 4.44. The van der Waals surface area contributed by atoms with E-state index in [1.165, 1.54) is 0 Å². The Morgan fingerprint density at radius 1 is 1.44 bits per heavy atom. The summed E-state index contributed by atoms with van der Waals surface area (Å²) in [6.45, 7) is 8.29. The monoisotopic (exact) mass is 223 g/mol. The van der Waals surface area contributed by atoms with Crippen LogP contribution in [0.25, 0.3) is 0 Å². The third-order valence-corrected chi connectivity index (χ3v) is 3.68. The van der Waals surface area contributed by atoms with Crippen LogP contribution in [0, 0.1) is 11.3 Å². The molecule has 1 heterocycles. The molecule has 1 saturated heterocycles. The number of hydrogen-bond donors (Lipinski definition) is 2. The molecule has 1 aliphatic heterocycles. The van der Waals surface area contributed by atoms with Gasteiger partial charge in [0.05, 0.1) is 0 Å². The highest BCUT2D eigenvalue weighted by Gasteiger charge is 2.44. The Hall–Kier alpha value is -0.870. The molecule has 90 valence electrons. The molecule has 0 amide bonds. The summed E-state index contributed by atoms with van der Waals surface area (Å²) in [5.74, 6) is 6.44. The largest absolute Gasteiger partial charge is 0.395 e. The SMILES string of the molecule is C=C(/N=C(\ON)C1(C)CC1)C1CCNCC1. The van der Waals surface area contributed by atoms with Crippen molar-refractivity contribution in [1.82, 2.24) is 5.32 Å². The summed E-state index contributed by atoms with van der Waals surface area (Å²) >= 11 is 0. The number of nitrogens with two attached hydrogens (primary N) is 1. The lowest BCUT2D eigenvalue weighted by Gasteiger charge is -2.23. The third kappa shape index (κ3) is 2.44. The van der Waals surface area contributed by atoms with Crippen molar-refractivity contribution in [2.75, 3.05) is 13.1 Å². The van der Waals surface area contributed by atoms with E-state index in [4.69, 9.17) is 10.7 Å². The molecule has 2 fully saturated rings. The summed E-state index contributed by atoms with van der Waals surface area (Å²) in [5.41, 5.74) is 1.00.